The molecule has 16 heavy (non-hydrogen) atoms. The third-order valence-corrected chi connectivity index (χ3v) is 3.78. The lowest BCUT2D eigenvalue weighted by atomic mass is 9.76. The third-order valence-electron chi connectivity index (χ3n) is 3.78. The van der Waals surface area contributed by atoms with Gasteiger partial charge in [-0.25, -0.2) is 0 Å². The van der Waals surface area contributed by atoms with Crippen LogP contribution in [0.25, 0.3) is 0 Å². The molecule has 0 atom stereocenters. The quantitative estimate of drug-likeness (QED) is 0.723. The highest BCUT2D eigenvalue weighted by atomic mass is 16.7. The van der Waals surface area contributed by atoms with Gasteiger partial charge in [0.15, 0.2) is 5.79 Å². The molecule has 1 saturated carbocycles. The van der Waals surface area contributed by atoms with E-state index in [0.29, 0.717) is 5.92 Å². The number of nitriles is 1. The lowest BCUT2D eigenvalue weighted by molar-refractivity contribution is -0.183. The molecule has 2 aliphatic rings. The van der Waals surface area contributed by atoms with Crippen LogP contribution in [-0.2, 0) is 9.47 Å². The summed E-state index contributed by atoms with van der Waals surface area (Å²) < 4.78 is 11.4. The molecule has 1 aliphatic heterocycles. The van der Waals surface area contributed by atoms with E-state index >= 15 is 0 Å². The fourth-order valence-corrected chi connectivity index (χ4v) is 2.87. The van der Waals surface area contributed by atoms with Crippen molar-refractivity contribution in [1.82, 2.24) is 0 Å². The minimum atomic E-state index is -0.257. The number of ether oxygens (including phenoxy) is 2. The van der Waals surface area contributed by atoms with Crippen molar-refractivity contribution >= 4 is 0 Å². The van der Waals surface area contributed by atoms with Crippen LogP contribution in [0.15, 0.2) is 0 Å². The molecule has 0 N–H and O–H groups in total. The molecule has 90 valence electrons. The van der Waals surface area contributed by atoms with E-state index in [-0.39, 0.29) is 11.2 Å². The van der Waals surface area contributed by atoms with E-state index in [1.165, 1.54) is 0 Å². The minimum absolute atomic E-state index is 0.188. The van der Waals surface area contributed by atoms with Gasteiger partial charge >= 0.3 is 0 Å². The first-order chi connectivity index (χ1) is 7.55. The molecule has 2 fully saturated rings. The summed E-state index contributed by atoms with van der Waals surface area (Å²) in [6, 6.07) is 2.39. The predicted molar refractivity (Wildman–Crippen MR) is 60.6 cm³/mol. The number of hydrogen-bond donors (Lipinski definition) is 0. The van der Waals surface area contributed by atoms with E-state index in [9.17, 15) is 0 Å². The number of nitrogens with zero attached hydrogens (tertiary/aromatic N) is 1. The van der Waals surface area contributed by atoms with E-state index in [2.05, 4.69) is 6.07 Å². The average Bonchev–Trinajstić information content (AvgIpc) is 2.71. The van der Waals surface area contributed by atoms with Crippen molar-refractivity contribution < 1.29 is 9.47 Å². The molecule has 1 spiro atoms. The zero-order chi connectivity index (χ0) is 11.6. The van der Waals surface area contributed by atoms with E-state index in [0.717, 1.165) is 45.3 Å². The Labute approximate surface area is 97.7 Å². The molecule has 0 amide bonds. The van der Waals surface area contributed by atoms with Gasteiger partial charge in [-0.15, -0.1) is 0 Å². The molecule has 0 unspecified atom stereocenters. The van der Waals surface area contributed by atoms with Crippen LogP contribution in [0.5, 0.6) is 0 Å². The van der Waals surface area contributed by atoms with Crippen molar-refractivity contribution in [3.8, 4) is 6.07 Å². The highest BCUT2D eigenvalue weighted by molar-refractivity contribution is 4.94. The summed E-state index contributed by atoms with van der Waals surface area (Å²) in [6.45, 7) is 5.54. The van der Waals surface area contributed by atoms with Gasteiger partial charge in [0.05, 0.1) is 24.7 Å². The SMILES string of the molecule is CC(C)(C#N)CC1CCC2(CC1)OCCO2. The Hall–Kier alpha value is -0.590. The third kappa shape index (κ3) is 2.56. The van der Waals surface area contributed by atoms with E-state index in [1.807, 2.05) is 13.8 Å². The summed E-state index contributed by atoms with van der Waals surface area (Å²) in [4.78, 5) is 0. The predicted octanol–water partition coefficient (Wildman–Crippen LogP) is 2.86. The Bertz CT molecular complexity index is 277. The fourth-order valence-electron chi connectivity index (χ4n) is 2.87. The maximum atomic E-state index is 9.03. The Morgan fingerprint density at radius 1 is 1.25 bits per heavy atom. The van der Waals surface area contributed by atoms with Crippen molar-refractivity contribution in [1.29, 1.82) is 5.26 Å². The second-order valence-electron chi connectivity index (χ2n) is 5.75. The molecule has 1 heterocycles. The van der Waals surface area contributed by atoms with Crippen LogP contribution in [0.2, 0.25) is 0 Å². The van der Waals surface area contributed by atoms with Gasteiger partial charge in [-0.3, -0.25) is 0 Å². The second-order valence-corrected chi connectivity index (χ2v) is 5.75. The van der Waals surface area contributed by atoms with Crippen LogP contribution in [-0.4, -0.2) is 19.0 Å². The van der Waals surface area contributed by atoms with Crippen LogP contribution in [0.4, 0.5) is 0 Å². The maximum absolute atomic E-state index is 9.03. The van der Waals surface area contributed by atoms with Gasteiger partial charge in [0, 0.05) is 12.8 Å². The summed E-state index contributed by atoms with van der Waals surface area (Å²) in [5, 5.41) is 9.03. The Morgan fingerprint density at radius 3 is 2.31 bits per heavy atom. The Kier molecular flexibility index (Phi) is 3.23. The molecular formula is C13H21NO2. The molecule has 0 bridgehead atoms. The Morgan fingerprint density at radius 2 is 1.81 bits per heavy atom. The molecule has 0 aromatic carbocycles. The molecule has 3 heteroatoms. The van der Waals surface area contributed by atoms with Crippen molar-refractivity contribution in [2.45, 2.75) is 51.7 Å². The van der Waals surface area contributed by atoms with E-state index < -0.39 is 0 Å². The van der Waals surface area contributed by atoms with Crippen molar-refractivity contribution in [2.24, 2.45) is 11.3 Å². The lowest BCUT2D eigenvalue weighted by Gasteiger charge is -2.36. The minimum Gasteiger partial charge on any atom is -0.348 e. The van der Waals surface area contributed by atoms with Crippen molar-refractivity contribution in [3.05, 3.63) is 0 Å². The van der Waals surface area contributed by atoms with Crippen LogP contribution in [0, 0.1) is 22.7 Å². The molecule has 2 rings (SSSR count). The summed E-state index contributed by atoms with van der Waals surface area (Å²) in [7, 11) is 0. The topological polar surface area (TPSA) is 42.2 Å². The molecule has 1 aliphatic carbocycles. The molecule has 3 nitrogen and oxygen atoms in total. The summed E-state index contributed by atoms with van der Waals surface area (Å²) in [6.07, 6.45) is 5.26. The molecule has 0 aromatic rings. The van der Waals surface area contributed by atoms with Gasteiger partial charge < -0.3 is 9.47 Å². The molecular weight excluding hydrogens is 202 g/mol. The van der Waals surface area contributed by atoms with Gasteiger partial charge in [-0.05, 0) is 39.0 Å². The van der Waals surface area contributed by atoms with Gasteiger partial charge in [0.2, 0.25) is 0 Å². The lowest BCUT2D eigenvalue weighted by Crippen LogP contribution is -2.36. The zero-order valence-electron chi connectivity index (χ0n) is 10.3. The van der Waals surface area contributed by atoms with Crippen LogP contribution in [0.3, 0.4) is 0 Å². The zero-order valence-corrected chi connectivity index (χ0v) is 10.3. The van der Waals surface area contributed by atoms with Gasteiger partial charge in [-0.2, -0.15) is 5.26 Å². The molecule has 0 radical (unpaired) electrons. The second kappa shape index (κ2) is 4.35. The first-order valence-electron chi connectivity index (χ1n) is 6.24. The maximum Gasteiger partial charge on any atom is 0.168 e. The van der Waals surface area contributed by atoms with Gasteiger partial charge in [-0.1, -0.05) is 0 Å². The van der Waals surface area contributed by atoms with Crippen LogP contribution >= 0.6 is 0 Å². The Balaban J connectivity index is 1.84. The molecule has 1 saturated heterocycles. The highest BCUT2D eigenvalue weighted by Crippen LogP contribution is 2.41. The van der Waals surface area contributed by atoms with E-state index in [1.54, 1.807) is 0 Å². The fraction of sp³-hybridized carbons (Fsp3) is 0.923. The van der Waals surface area contributed by atoms with Gasteiger partial charge in [0.25, 0.3) is 0 Å². The number of rotatable bonds is 2. The first-order valence-corrected chi connectivity index (χ1v) is 6.24. The summed E-state index contributed by atoms with van der Waals surface area (Å²) >= 11 is 0. The van der Waals surface area contributed by atoms with Crippen LogP contribution in [0.1, 0.15) is 46.0 Å². The highest BCUT2D eigenvalue weighted by Gasteiger charge is 2.41. The standard InChI is InChI=1S/C13H21NO2/c1-12(2,10-14)9-11-3-5-13(6-4-11)15-7-8-16-13/h11H,3-9H2,1-2H3. The van der Waals surface area contributed by atoms with E-state index in [4.69, 9.17) is 14.7 Å². The number of hydrogen-bond acceptors (Lipinski definition) is 3. The van der Waals surface area contributed by atoms with Gasteiger partial charge in [0.1, 0.15) is 0 Å². The van der Waals surface area contributed by atoms with Crippen molar-refractivity contribution in [3.63, 3.8) is 0 Å². The van der Waals surface area contributed by atoms with Crippen LogP contribution < -0.4 is 0 Å². The molecule has 0 aromatic heterocycles. The monoisotopic (exact) mass is 223 g/mol. The summed E-state index contributed by atoms with van der Waals surface area (Å²) in [5.41, 5.74) is -0.188. The van der Waals surface area contributed by atoms with Crippen molar-refractivity contribution in [2.75, 3.05) is 13.2 Å². The average molecular weight is 223 g/mol. The summed E-state index contributed by atoms with van der Waals surface area (Å²) in [5.74, 6) is 0.404. The largest absolute Gasteiger partial charge is 0.348 e. The first kappa shape index (κ1) is 11.9. The smallest absolute Gasteiger partial charge is 0.168 e. The normalized spacial score (nSPS) is 25.8.